The predicted molar refractivity (Wildman–Crippen MR) is 199 cm³/mol. The lowest BCUT2D eigenvalue weighted by atomic mass is 9.72. The summed E-state index contributed by atoms with van der Waals surface area (Å²) in [5.41, 5.74) is 10.8. The molecule has 4 heterocycles. The maximum Gasteiger partial charge on any atom is 0.0206 e. The Kier molecular flexibility index (Phi) is 6.38. The van der Waals surface area contributed by atoms with Gasteiger partial charge in [0.2, 0.25) is 0 Å². The van der Waals surface area contributed by atoms with Crippen LogP contribution in [0.4, 0.5) is 0 Å². The standard InChI is InChI=1S/C40H36P2S2/c1-27-35(41(43)25-39(27,3)33(29-17-9-5-10-18-29)37(41)31-21-13-7-14-22-31)36-28(2)40(4)26-42(36,44)38(32-23-15-8-16-24-32)34(40)30-19-11-6-12-20-30/h5-24H,25-26H2,1-4H3/t39-,40-,41-,42-/m0/s1. The summed E-state index contributed by atoms with van der Waals surface area (Å²) in [6.45, 7) is 9.74. The highest BCUT2D eigenvalue weighted by atomic mass is 32.4. The molecular formula is C40H36P2S2. The SMILES string of the molecule is CC1=C(C2=C(C)[C@]3(C)C[P@@]2(=S)C(c2ccccc2)=C3c2ccccc2)[P@@]2(=S)C[C@]1(C)C(c1ccccc1)=C2c1ccccc1. The fourth-order valence-corrected chi connectivity index (χ4v) is 23.2. The topological polar surface area (TPSA) is 0 Å². The van der Waals surface area contributed by atoms with E-state index in [1.165, 1.54) is 65.8 Å². The van der Waals surface area contributed by atoms with Crippen LogP contribution in [0.1, 0.15) is 49.9 Å². The van der Waals surface area contributed by atoms with Crippen LogP contribution in [-0.2, 0) is 23.6 Å². The van der Waals surface area contributed by atoms with Crippen molar-refractivity contribution >= 4 is 57.5 Å². The van der Waals surface area contributed by atoms with Gasteiger partial charge in [-0.1, -0.05) is 170 Å². The second kappa shape index (κ2) is 9.82. The largest absolute Gasteiger partial charge is 0.0875 e. The summed E-state index contributed by atoms with van der Waals surface area (Å²) in [6.07, 6.45) is 2.04. The molecule has 4 aliphatic heterocycles. The molecule has 0 saturated heterocycles. The molecule has 4 aromatic carbocycles. The summed E-state index contributed by atoms with van der Waals surface area (Å²) in [5.74, 6) is 0. The smallest absolute Gasteiger partial charge is 0.0206 e. The van der Waals surface area contributed by atoms with E-state index in [9.17, 15) is 0 Å². The molecular weight excluding hydrogens is 607 g/mol. The summed E-state index contributed by atoms with van der Waals surface area (Å²) < 4.78 is 0. The van der Waals surface area contributed by atoms with E-state index in [-0.39, 0.29) is 10.8 Å². The number of benzene rings is 4. The molecule has 4 aromatic rings. The summed E-state index contributed by atoms with van der Waals surface area (Å²) in [7, 11) is 0. The average Bonchev–Trinajstić information content (AvgIpc) is 3.60. The van der Waals surface area contributed by atoms with Gasteiger partial charge >= 0.3 is 0 Å². The third-order valence-electron chi connectivity index (χ3n) is 10.9. The highest BCUT2D eigenvalue weighted by molar-refractivity contribution is 8.25. The molecule has 0 aliphatic carbocycles. The quantitative estimate of drug-likeness (QED) is 0.199. The minimum Gasteiger partial charge on any atom is -0.0875 e. The predicted octanol–water partition coefficient (Wildman–Crippen LogP) is 11.7. The third-order valence-corrected chi connectivity index (χ3v) is 21.2. The molecule has 44 heavy (non-hydrogen) atoms. The van der Waals surface area contributed by atoms with E-state index in [1.54, 1.807) is 0 Å². The van der Waals surface area contributed by atoms with Crippen LogP contribution in [0.3, 0.4) is 0 Å². The first kappa shape index (κ1) is 28.6. The average molecular weight is 643 g/mol. The van der Waals surface area contributed by atoms with Gasteiger partial charge in [0.1, 0.15) is 0 Å². The van der Waals surface area contributed by atoms with Crippen molar-refractivity contribution < 1.29 is 0 Å². The van der Waals surface area contributed by atoms with Gasteiger partial charge in [0.05, 0.1) is 0 Å². The van der Waals surface area contributed by atoms with Gasteiger partial charge in [-0.3, -0.25) is 0 Å². The number of allylic oxidation sites excluding steroid dienone is 6. The molecule has 0 fully saturated rings. The maximum atomic E-state index is 7.15. The molecule has 8 rings (SSSR count). The van der Waals surface area contributed by atoms with Crippen molar-refractivity contribution in [3.8, 4) is 0 Å². The zero-order valence-electron chi connectivity index (χ0n) is 25.7. The Morgan fingerprint density at radius 1 is 0.432 bits per heavy atom. The molecule has 0 spiro atoms. The zero-order chi connectivity index (χ0) is 30.5. The first-order valence-corrected chi connectivity index (χ1v) is 21.5. The van der Waals surface area contributed by atoms with E-state index >= 15 is 0 Å². The van der Waals surface area contributed by atoms with Gasteiger partial charge in [0, 0.05) is 33.5 Å². The van der Waals surface area contributed by atoms with Crippen LogP contribution < -0.4 is 0 Å². The van der Waals surface area contributed by atoms with Crippen molar-refractivity contribution in [1.29, 1.82) is 0 Å². The Bertz CT molecular complexity index is 1930. The minimum atomic E-state index is -2.19. The van der Waals surface area contributed by atoms with E-state index in [2.05, 4.69) is 149 Å². The summed E-state index contributed by atoms with van der Waals surface area (Å²) in [6, 6.07) is 39.7. The van der Waals surface area contributed by atoms with E-state index in [0.717, 1.165) is 12.3 Å². The zero-order valence-corrected chi connectivity index (χ0v) is 29.1. The van der Waals surface area contributed by atoms with Crippen molar-refractivity contribution in [2.45, 2.75) is 27.7 Å². The normalized spacial score (nSPS) is 30.7. The van der Waals surface area contributed by atoms with E-state index < -0.39 is 12.1 Å². The molecule has 218 valence electrons. The molecule has 0 aromatic heterocycles. The molecule has 0 radical (unpaired) electrons. The maximum absolute atomic E-state index is 7.15. The van der Waals surface area contributed by atoms with Crippen LogP contribution in [-0.4, -0.2) is 12.3 Å². The lowest BCUT2D eigenvalue weighted by Gasteiger charge is -2.37. The van der Waals surface area contributed by atoms with Crippen molar-refractivity contribution in [2.75, 3.05) is 12.3 Å². The van der Waals surface area contributed by atoms with Crippen LogP contribution in [0.15, 0.2) is 143 Å². The molecule has 0 amide bonds. The highest BCUT2D eigenvalue weighted by Crippen LogP contribution is 2.92. The van der Waals surface area contributed by atoms with Gasteiger partial charge in [0.15, 0.2) is 0 Å². The molecule has 0 nitrogen and oxygen atoms in total. The van der Waals surface area contributed by atoms with E-state index in [1.807, 2.05) is 0 Å². The van der Waals surface area contributed by atoms with Crippen molar-refractivity contribution in [3.05, 3.63) is 165 Å². The molecule has 4 heteroatoms. The van der Waals surface area contributed by atoms with Gasteiger partial charge in [0.25, 0.3) is 0 Å². The third kappa shape index (κ3) is 3.64. The molecule has 0 N–H and O–H groups in total. The lowest BCUT2D eigenvalue weighted by Crippen LogP contribution is -2.20. The fraction of sp³-hybridized carbons (Fsp3) is 0.200. The Balaban J connectivity index is 1.41. The van der Waals surface area contributed by atoms with Crippen LogP contribution in [0.2, 0.25) is 0 Å². The second-order valence-corrected chi connectivity index (χ2v) is 22.4. The summed E-state index contributed by atoms with van der Waals surface area (Å²) >= 11 is 14.3. The lowest BCUT2D eigenvalue weighted by molar-refractivity contribution is 0.623. The highest BCUT2D eigenvalue weighted by Gasteiger charge is 2.63. The van der Waals surface area contributed by atoms with E-state index in [4.69, 9.17) is 23.6 Å². The molecule has 4 aliphatic rings. The Morgan fingerprint density at radius 3 is 1.00 bits per heavy atom. The van der Waals surface area contributed by atoms with Crippen LogP contribution in [0.25, 0.3) is 21.8 Å². The van der Waals surface area contributed by atoms with Gasteiger partial charge < -0.3 is 0 Å². The fourth-order valence-electron chi connectivity index (χ4n) is 8.86. The number of hydrogen-bond donors (Lipinski definition) is 0. The van der Waals surface area contributed by atoms with Gasteiger partial charge in [-0.2, -0.15) is 0 Å². The minimum absolute atomic E-state index is 0.109. The van der Waals surface area contributed by atoms with Crippen molar-refractivity contribution in [3.63, 3.8) is 0 Å². The molecule has 0 unspecified atom stereocenters. The summed E-state index contributed by atoms with van der Waals surface area (Å²) in [4.78, 5) is 0. The van der Waals surface area contributed by atoms with Gasteiger partial charge in [-0.05, 0) is 70.2 Å². The monoisotopic (exact) mass is 642 g/mol. The van der Waals surface area contributed by atoms with Crippen LogP contribution in [0.5, 0.6) is 0 Å². The second-order valence-electron chi connectivity index (χ2n) is 13.3. The Morgan fingerprint density at radius 2 is 0.705 bits per heavy atom. The van der Waals surface area contributed by atoms with Crippen LogP contribution in [0, 0.1) is 10.8 Å². The molecule has 4 bridgehead atoms. The van der Waals surface area contributed by atoms with Gasteiger partial charge in [-0.15, -0.1) is 0 Å². The van der Waals surface area contributed by atoms with E-state index in [0.29, 0.717) is 0 Å². The summed E-state index contributed by atoms with van der Waals surface area (Å²) in [5, 5.41) is 5.82. The van der Waals surface area contributed by atoms with Crippen molar-refractivity contribution in [1.82, 2.24) is 0 Å². The first-order chi connectivity index (χ1) is 21.1. The first-order valence-electron chi connectivity index (χ1n) is 15.5. The Labute approximate surface area is 272 Å². The van der Waals surface area contributed by atoms with Crippen molar-refractivity contribution in [2.24, 2.45) is 10.8 Å². The number of fused-ring (bicyclic) bond motifs is 4. The van der Waals surface area contributed by atoms with Crippen LogP contribution >= 0.6 is 12.1 Å². The number of rotatable bonds is 5. The van der Waals surface area contributed by atoms with Gasteiger partial charge in [-0.25, -0.2) is 0 Å². The molecule has 4 atom stereocenters. The Hall–Kier alpha value is -2.86. The number of hydrogen-bond acceptors (Lipinski definition) is 2. The molecule has 0 saturated carbocycles.